The summed E-state index contributed by atoms with van der Waals surface area (Å²) in [5, 5.41) is 19.3. The number of hydrogen-bond donors (Lipinski definition) is 1. The van der Waals surface area contributed by atoms with E-state index in [9.17, 15) is 5.11 Å². The molecule has 1 rings (SSSR count). The Bertz CT molecular complexity index is 214. The molecule has 1 fully saturated rings. The zero-order valence-electron chi connectivity index (χ0n) is 9.16. The van der Waals surface area contributed by atoms with Crippen molar-refractivity contribution in [1.29, 1.82) is 5.26 Å². The zero-order chi connectivity index (χ0) is 10.6. The van der Waals surface area contributed by atoms with Crippen LogP contribution in [0.1, 0.15) is 32.6 Å². The third kappa shape index (κ3) is 2.46. The van der Waals surface area contributed by atoms with Crippen molar-refractivity contribution < 1.29 is 5.11 Å². The van der Waals surface area contributed by atoms with Gasteiger partial charge in [0, 0.05) is 13.1 Å². The van der Waals surface area contributed by atoms with Gasteiger partial charge in [-0.25, -0.2) is 0 Å². The van der Waals surface area contributed by atoms with Crippen molar-refractivity contribution in [3.05, 3.63) is 0 Å². The molecule has 0 aromatic heterocycles. The highest BCUT2D eigenvalue weighted by molar-refractivity contribution is 5.00. The average Bonchev–Trinajstić information content (AvgIpc) is 2.19. The minimum Gasteiger partial charge on any atom is -0.388 e. The van der Waals surface area contributed by atoms with Crippen molar-refractivity contribution in [2.75, 3.05) is 20.1 Å². The first-order valence-electron chi connectivity index (χ1n) is 5.43. The Labute approximate surface area is 86.3 Å². The summed E-state index contributed by atoms with van der Waals surface area (Å²) in [5.41, 5.74) is -0.725. The van der Waals surface area contributed by atoms with Crippen LogP contribution < -0.4 is 0 Å². The maximum absolute atomic E-state index is 10.3. The summed E-state index contributed by atoms with van der Waals surface area (Å²) in [6, 6.07) is 2.26. The molecule has 0 aliphatic carbocycles. The Morgan fingerprint density at radius 2 is 2.07 bits per heavy atom. The molecule has 0 amide bonds. The first-order chi connectivity index (χ1) is 6.62. The molecule has 3 heteroatoms. The highest BCUT2D eigenvalue weighted by atomic mass is 16.3. The Hall–Kier alpha value is -0.590. The summed E-state index contributed by atoms with van der Waals surface area (Å²) in [5.74, 6) is -0.179. The number of aliphatic hydroxyl groups is 1. The number of piperidine rings is 1. The van der Waals surface area contributed by atoms with Crippen molar-refractivity contribution in [3.8, 4) is 6.07 Å². The van der Waals surface area contributed by atoms with Crippen LogP contribution >= 0.6 is 0 Å². The van der Waals surface area contributed by atoms with Gasteiger partial charge in [-0.1, -0.05) is 13.3 Å². The quantitative estimate of drug-likeness (QED) is 0.742. The van der Waals surface area contributed by atoms with Crippen LogP contribution in [0, 0.1) is 17.2 Å². The summed E-state index contributed by atoms with van der Waals surface area (Å²) >= 11 is 0. The van der Waals surface area contributed by atoms with Crippen LogP contribution in [0.3, 0.4) is 0 Å². The van der Waals surface area contributed by atoms with Crippen molar-refractivity contribution in [1.82, 2.24) is 4.90 Å². The van der Waals surface area contributed by atoms with Gasteiger partial charge >= 0.3 is 0 Å². The predicted octanol–water partition coefficient (Wildman–Crippen LogP) is 1.38. The molecular weight excluding hydrogens is 176 g/mol. The van der Waals surface area contributed by atoms with Gasteiger partial charge in [-0.15, -0.1) is 0 Å². The van der Waals surface area contributed by atoms with Crippen molar-refractivity contribution in [3.63, 3.8) is 0 Å². The van der Waals surface area contributed by atoms with Gasteiger partial charge in [0.2, 0.25) is 0 Å². The fourth-order valence-electron chi connectivity index (χ4n) is 2.10. The lowest BCUT2D eigenvalue weighted by molar-refractivity contribution is -0.0486. The van der Waals surface area contributed by atoms with Gasteiger partial charge in [0.1, 0.15) is 0 Å². The Balaban J connectivity index is 2.59. The molecule has 1 aliphatic rings. The number of nitrogens with zero attached hydrogens (tertiary/aromatic N) is 2. The third-order valence-corrected chi connectivity index (χ3v) is 3.23. The Morgan fingerprint density at radius 1 is 1.50 bits per heavy atom. The van der Waals surface area contributed by atoms with E-state index >= 15 is 0 Å². The molecule has 0 saturated carbocycles. The monoisotopic (exact) mass is 196 g/mol. The van der Waals surface area contributed by atoms with E-state index in [0.29, 0.717) is 0 Å². The largest absolute Gasteiger partial charge is 0.388 e. The van der Waals surface area contributed by atoms with Gasteiger partial charge in [-0.05, 0) is 26.3 Å². The van der Waals surface area contributed by atoms with Crippen LogP contribution in [-0.4, -0.2) is 35.7 Å². The molecule has 1 saturated heterocycles. The summed E-state index contributed by atoms with van der Waals surface area (Å²) in [7, 11) is 2.06. The van der Waals surface area contributed by atoms with Crippen LogP contribution in [0.5, 0.6) is 0 Å². The number of hydrogen-bond acceptors (Lipinski definition) is 3. The number of nitriles is 1. The fourth-order valence-corrected chi connectivity index (χ4v) is 2.10. The minimum absolute atomic E-state index is 0.179. The van der Waals surface area contributed by atoms with Crippen molar-refractivity contribution in [2.24, 2.45) is 5.92 Å². The molecule has 1 atom stereocenters. The standard InChI is InChI=1S/C11H20N2O/c1-3-4-10(9-12)11(14)5-7-13(2)8-6-11/h10,14H,3-8H2,1-2H3. The molecule has 0 aromatic rings. The molecule has 0 spiro atoms. The molecule has 1 N–H and O–H groups in total. The fraction of sp³-hybridized carbons (Fsp3) is 0.909. The molecular formula is C11H20N2O. The summed E-state index contributed by atoms with van der Waals surface area (Å²) in [6.07, 6.45) is 3.26. The van der Waals surface area contributed by atoms with Gasteiger partial charge in [-0.2, -0.15) is 5.26 Å². The van der Waals surface area contributed by atoms with Crippen molar-refractivity contribution >= 4 is 0 Å². The summed E-state index contributed by atoms with van der Waals surface area (Å²) in [6.45, 7) is 3.86. The average molecular weight is 196 g/mol. The van der Waals surface area contributed by atoms with E-state index in [0.717, 1.165) is 38.8 Å². The molecule has 1 heterocycles. The second kappa shape index (κ2) is 4.77. The molecule has 0 aromatic carbocycles. The normalized spacial score (nSPS) is 24.1. The molecule has 1 unspecified atom stereocenters. The first-order valence-corrected chi connectivity index (χ1v) is 5.43. The molecule has 0 radical (unpaired) electrons. The topological polar surface area (TPSA) is 47.3 Å². The highest BCUT2D eigenvalue weighted by Gasteiger charge is 2.38. The molecule has 0 bridgehead atoms. The van der Waals surface area contributed by atoms with E-state index in [4.69, 9.17) is 5.26 Å². The van der Waals surface area contributed by atoms with E-state index in [1.807, 2.05) is 0 Å². The van der Waals surface area contributed by atoms with E-state index in [1.54, 1.807) is 0 Å². The van der Waals surface area contributed by atoms with Crippen LogP contribution in [0.15, 0.2) is 0 Å². The van der Waals surface area contributed by atoms with E-state index < -0.39 is 5.60 Å². The molecule has 14 heavy (non-hydrogen) atoms. The molecule has 80 valence electrons. The van der Waals surface area contributed by atoms with Crippen LogP contribution in [0.4, 0.5) is 0 Å². The van der Waals surface area contributed by atoms with Gasteiger partial charge in [-0.3, -0.25) is 0 Å². The summed E-state index contributed by atoms with van der Waals surface area (Å²) < 4.78 is 0. The number of likely N-dealkylation sites (tertiary alicyclic amines) is 1. The van der Waals surface area contributed by atoms with Crippen LogP contribution in [-0.2, 0) is 0 Å². The van der Waals surface area contributed by atoms with E-state index in [-0.39, 0.29) is 5.92 Å². The maximum atomic E-state index is 10.3. The maximum Gasteiger partial charge on any atom is 0.0829 e. The van der Waals surface area contributed by atoms with Gasteiger partial charge in [0.15, 0.2) is 0 Å². The second-order valence-electron chi connectivity index (χ2n) is 4.38. The molecule has 1 aliphatic heterocycles. The Morgan fingerprint density at radius 3 is 2.50 bits per heavy atom. The smallest absolute Gasteiger partial charge is 0.0829 e. The zero-order valence-corrected chi connectivity index (χ0v) is 9.16. The van der Waals surface area contributed by atoms with Gasteiger partial charge in [0.05, 0.1) is 17.6 Å². The highest BCUT2D eigenvalue weighted by Crippen LogP contribution is 2.31. The summed E-state index contributed by atoms with van der Waals surface area (Å²) in [4.78, 5) is 2.20. The predicted molar refractivity (Wildman–Crippen MR) is 55.7 cm³/mol. The third-order valence-electron chi connectivity index (χ3n) is 3.23. The van der Waals surface area contributed by atoms with Crippen molar-refractivity contribution in [2.45, 2.75) is 38.2 Å². The lowest BCUT2D eigenvalue weighted by Crippen LogP contribution is -2.47. The van der Waals surface area contributed by atoms with Crippen LogP contribution in [0.2, 0.25) is 0 Å². The Kier molecular flexibility index (Phi) is 3.91. The van der Waals surface area contributed by atoms with Gasteiger partial charge in [0.25, 0.3) is 0 Å². The molecule has 3 nitrogen and oxygen atoms in total. The number of rotatable bonds is 3. The SMILES string of the molecule is CCCC(C#N)C1(O)CCN(C)CC1. The lowest BCUT2D eigenvalue weighted by atomic mass is 9.78. The second-order valence-corrected chi connectivity index (χ2v) is 4.38. The van der Waals surface area contributed by atoms with E-state index in [2.05, 4.69) is 24.9 Å². The first kappa shape index (κ1) is 11.5. The van der Waals surface area contributed by atoms with E-state index in [1.165, 1.54) is 0 Å². The lowest BCUT2D eigenvalue weighted by Gasteiger charge is -2.39. The van der Waals surface area contributed by atoms with Gasteiger partial charge < -0.3 is 10.0 Å². The van der Waals surface area contributed by atoms with Crippen LogP contribution in [0.25, 0.3) is 0 Å². The minimum atomic E-state index is -0.725.